The van der Waals surface area contributed by atoms with Crippen LogP contribution in [0.3, 0.4) is 0 Å². The summed E-state index contributed by atoms with van der Waals surface area (Å²) in [6.07, 6.45) is 0.768. The number of carbonyl (C=O) groups excluding carboxylic acids is 1. The van der Waals surface area contributed by atoms with E-state index in [0.717, 1.165) is 4.88 Å². The average Bonchev–Trinajstić information content (AvgIpc) is 2.97. The SMILES string of the molecule is CC/C(=N\NC(=O)Cc1cccs1)c1cc(Cl)cc(Cl)c1O. The highest BCUT2D eigenvalue weighted by Crippen LogP contribution is 2.32. The van der Waals surface area contributed by atoms with Gasteiger partial charge in [-0.05, 0) is 30.0 Å². The van der Waals surface area contributed by atoms with Crippen LogP contribution in [-0.2, 0) is 11.2 Å². The Balaban J connectivity index is 2.16. The van der Waals surface area contributed by atoms with Crippen molar-refractivity contribution >= 4 is 46.2 Å². The minimum Gasteiger partial charge on any atom is -0.506 e. The molecule has 0 saturated heterocycles. The van der Waals surface area contributed by atoms with Crippen molar-refractivity contribution in [1.82, 2.24) is 5.43 Å². The molecule has 116 valence electrons. The number of hydrogen-bond acceptors (Lipinski definition) is 4. The summed E-state index contributed by atoms with van der Waals surface area (Å²) in [4.78, 5) is 12.8. The molecule has 0 aliphatic carbocycles. The quantitative estimate of drug-likeness (QED) is 0.621. The average molecular weight is 357 g/mol. The lowest BCUT2D eigenvalue weighted by atomic mass is 10.1. The first-order chi connectivity index (χ1) is 10.5. The molecule has 0 atom stereocenters. The van der Waals surface area contributed by atoms with Gasteiger partial charge in [0.2, 0.25) is 5.91 Å². The summed E-state index contributed by atoms with van der Waals surface area (Å²) in [6, 6.07) is 6.79. The van der Waals surface area contributed by atoms with Crippen LogP contribution >= 0.6 is 34.5 Å². The van der Waals surface area contributed by atoms with Crippen LogP contribution in [0.5, 0.6) is 5.75 Å². The summed E-state index contributed by atoms with van der Waals surface area (Å²) >= 11 is 13.4. The number of nitrogens with zero attached hydrogens (tertiary/aromatic N) is 1. The summed E-state index contributed by atoms with van der Waals surface area (Å²) in [7, 11) is 0. The molecular formula is C15H14Cl2N2O2S. The van der Waals surface area contributed by atoms with Crippen molar-refractivity contribution in [3.8, 4) is 5.75 Å². The summed E-state index contributed by atoms with van der Waals surface area (Å²) in [5.41, 5.74) is 3.41. The molecule has 0 bridgehead atoms. The molecule has 2 N–H and O–H groups in total. The van der Waals surface area contributed by atoms with E-state index in [0.29, 0.717) is 22.7 Å². The van der Waals surface area contributed by atoms with Crippen LogP contribution in [0.15, 0.2) is 34.7 Å². The molecule has 1 amide bonds. The molecular weight excluding hydrogens is 343 g/mol. The van der Waals surface area contributed by atoms with Gasteiger partial charge in [0.15, 0.2) is 0 Å². The van der Waals surface area contributed by atoms with Crippen LogP contribution in [0.25, 0.3) is 0 Å². The van der Waals surface area contributed by atoms with Gasteiger partial charge in [0.05, 0.1) is 17.2 Å². The second-order valence-electron chi connectivity index (χ2n) is 4.49. The van der Waals surface area contributed by atoms with Crippen LogP contribution in [-0.4, -0.2) is 16.7 Å². The Kier molecular flexibility index (Phi) is 5.83. The maximum Gasteiger partial charge on any atom is 0.245 e. The number of phenolic OH excluding ortho intramolecular Hbond substituents is 1. The van der Waals surface area contributed by atoms with Crippen molar-refractivity contribution < 1.29 is 9.90 Å². The van der Waals surface area contributed by atoms with Crippen molar-refractivity contribution in [3.05, 3.63) is 50.1 Å². The molecule has 4 nitrogen and oxygen atoms in total. The molecule has 2 aromatic rings. The van der Waals surface area contributed by atoms with Crippen molar-refractivity contribution in [2.75, 3.05) is 0 Å². The fraction of sp³-hybridized carbons (Fsp3) is 0.200. The monoisotopic (exact) mass is 356 g/mol. The lowest BCUT2D eigenvalue weighted by Gasteiger charge is -2.09. The van der Waals surface area contributed by atoms with Gasteiger partial charge in [-0.25, -0.2) is 5.43 Å². The standard InChI is InChI=1S/C15H14Cl2N2O2S/c1-2-13(11-6-9(16)7-12(17)15(11)21)18-19-14(20)8-10-4-3-5-22-10/h3-7,21H,2,8H2,1H3,(H,19,20)/b18-13+. The van der Waals surface area contributed by atoms with E-state index in [1.54, 1.807) is 6.07 Å². The fourth-order valence-electron chi connectivity index (χ4n) is 1.86. The molecule has 7 heteroatoms. The second-order valence-corrected chi connectivity index (χ2v) is 6.36. The molecule has 0 aliphatic heterocycles. The highest BCUT2D eigenvalue weighted by Gasteiger charge is 2.13. The van der Waals surface area contributed by atoms with E-state index in [1.165, 1.54) is 17.4 Å². The number of nitrogens with one attached hydrogen (secondary N) is 1. The van der Waals surface area contributed by atoms with Gasteiger partial charge in [0.25, 0.3) is 0 Å². The third kappa shape index (κ3) is 4.22. The zero-order valence-electron chi connectivity index (χ0n) is 11.8. The lowest BCUT2D eigenvalue weighted by molar-refractivity contribution is -0.120. The zero-order chi connectivity index (χ0) is 16.1. The van der Waals surface area contributed by atoms with Gasteiger partial charge in [0, 0.05) is 15.5 Å². The maximum absolute atomic E-state index is 11.9. The van der Waals surface area contributed by atoms with E-state index in [9.17, 15) is 9.90 Å². The Hall–Kier alpha value is -1.56. The number of amides is 1. The summed E-state index contributed by atoms with van der Waals surface area (Å²) in [5, 5.41) is 16.5. The fourth-order valence-corrected chi connectivity index (χ4v) is 3.05. The van der Waals surface area contributed by atoms with Gasteiger partial charge in [-0.15, -0.1) is 11.3 Å². The van der Waals surface area contributed by atoms with Crippen molar-refractivity contribution in [2.45, 2.75) is 19.8 Å². The molecule has 0 saturated carbocycles. The predicted octanol–water partition coefficient (Wildman–Crippen LogP) is 4.23. The van der Waals surface area contributed by atoms with Crippen LogP contribution < -0.4 is 5.43 Å². The Morgan fingerprint density at radius 1 is 1.41 bits per heavy atom. The first kappa shape index (κ1) is 16.8. The van der Waals surface area contributed by atoms with E-state index in [4.69, 9.17) is 23.2 Å². The molecule has 2 rings (SSSR count). The first-order valence-corrected chi connectivity index (χ1v) is 8.21. The van der Waals surface area contributed by atoms with E-state index in [-0.39, 0.29) is 23.1 Å². The van der Waals surface area contributed by atoms with Crippen LogP contribution in [0.2, 0.25) is 10.0 Å². The zero-order valence-corrected chi connectivity index (χ0v) is 14.1. The number of carbonyl (C=O) groups is 1. The summed E-state index contributed by atoms with van der Waals surface area (Å²) < 4.78 is 0. The van der Waals surface area contributed by atoms with E-state index >= 15 is 0 Å². The van der Waals surface area contributed by atoms with Crippen molar-refractivity contribution in [3.63, 3.8) is 0 Å². The van der Waals surface area contributed by atoms with Crippen LogP contribution in [0.4, 0.5) is 0 Å². The topological polar surface area (TPSA) is 61.7 Å². The number of benzene rings is 1. The highest BCUT2D eigenvalue weighted by molar-refractivity contribution is 7.10. The van der Waals surface area contributed by atoms with Gasteiger partial charge in [-0.2, -0.15) is 5.10 Å². The largest absolute Gasteiger partial charge is 0.506 e. The van der Waals surface area contributed by atoms with E-state index < -0.39 is 0 Å². The highest BCUT2D eigenvalue weighted by atomic mass is 35.5. The molecule has 0 spiro atoms. The van der Waals surface area contributed by atoms with Gasteiger partial charge in [0.1, 0.15) is 5.75 Å². The Bertz CT molecular complexity index is 700. The third-order valence-corrected chi connectivity index (χ3v) is 4.29. The third-order valence-electron chi connectivity index (χ3n) is 2.90. The number of phenols is 1. The summed E-state index contributed by atoms with van der Waals surface area (Å²) in [5.74, 6) is -0.319. The number of aromatic hydroxyl groups is 1. The van der Waals surface area contributed by atoms with Crippen LogP contribution in [0, 0.1) is 0 Å². The molecule has 0 fully saturated rings. The Labute approximate surface area is 142 Å². The predicted molar refractivity (Wildman–Crippen MR) is 91.1 cm³/mol. The smallest absolute Gasteiger partial charge is 0.245 e. The Morgan fingerprint density at radius 3 is 2.82 bits per heavy atom. The molecule has 22 heavy (non-hydrogen) atoms. The second kappa shape index (κ2) is 7.63. The normalized spacial score (nSPS) is 11.5. The number of thiophene rings is 1. The summed E-state index contributed by atoms with van der Waals surface area (Å²) in [6.45, 7) is 1.86. The van der Waals surface area contributed by atoms with Gasteiger partial charge >= 0.3 is 0 Å². The van der Waals surface area contributed by atoms with Gasteiger partial charge in [-0.3, -0.25) is 4.79 Å². The van der Waals surface area contributed by atoms with E-state index in [2.05, 4.69) is 10.5 Å². The van der Waals surface area contributed by atoms with Crippen LogP contribution in [0.1, 0.15) is 23.8 Å². The molecule has 0 radical (unpaired) electrons. The van der Waals surface area contributed by atoms with Gasteiger partial charge in [-0.1, -0.05) is 36.2 Å². The number of rotatable bonds is 5. The van der Waals surface area contributed by atoms with E-state index in [1.807, 2.05) is 24.4 Å². The molecule has 0 aliphatic rings. The Morgan fingerprint density at radius 2 is 2.18 bits per heavy atom. The molecule has 1 heterocycles. The van der Waals surface area contributed by atoms with Crippen molar-refractivity contribution in [1.29, 1.82) is 0 Å². The lowest BCUT2D eigenvalue weighted by Crippen LogP contribution is -2.21. The van der Waals surface area contributed by atoms with Gasteiger partial charge < -0.3 is 5.11 Å². The number of hydrogen-bond donors (Lipinski definition) is 2. The minimum absolute atomic E-state index is 0.0980. The maximum atomic E-state index is 11.9. The minimum atomic E-state index is -0.221. The molecule has 1 aromatic heterocycles. The van der Waals surface area contributed by atoms with Crippen molar-refractivity contribution in [2.24, 2.45) is 5.10 Å². The number of halogens is 2. The molecule has 1 aromatic carbocycles. The number of hydrazone groups is 1. The first-order valence-electron chi connectivity index (χ1n) is 6.57. The molecule has 0 unspecified atom stereocenters.